The lowest BCUT2D eigenvalue weighted by Crippen LogP contribution is -2.45. The van der Waals surface area contributed by atoms with Crippen molar-refractivity contribution in [1.82, 2.24) is 5.32 Å². The van der Waals surface area contributed by atoms with Gasteiger partial charge < -0.3 is 15.5 Å². The van der Waals surface area contributed by atoms with Gasteiger partial charge in [-0.2, -0.15) is 0 Å². The molecule has 3 N–H and O–H groups in total. The van der Waals surface area contributed by atoms with Crippen LogP contribution in [0.4, 0.5) is 0 Å². The first-order chi connectivity index (χ1) is 20.7. The summed E-state index contributed by atoms with van der Waals surface area (Å²) in [6, 6.07) is -0.659. The van der Waals surface area contributed by atoms with Crippen LogP contribution in [0.15, 0.2) is 85.1 Å². The van der Waals surface area contributed by atoms with Crippen molar-refractivity contribution in [3.8, 4) is 0 Å². The summed E-state index contributed by atoms with van der Waals surface area (Å²) < 4.78 is 0. The molecule has 238 valence electrons. The molecular formula is C38H63NO3. The fourth-order valence-electron chi connectivity index (χ4n) is 4.27. The third kappa shape index (κ3) is 29.1. The molecule has 0 saturated carbocycles. The first-order valence-electron chi connectivity index (χ1n) is 16.8. The highest BCUT2D eigenvalue weighted by atomic mass is 16.3. The number of amides is 1. The maximum atomic E-state index is 12.3. The first kappa shape index (κ1) is 39.6. The van der Waals surface area contributed by atoms with Gasteiger partial charge in [-0.3, -0.25) is 4.79 Å². The number of unbranched alkanes of at least 4 members (excludes halogenated alkanes) is 9. The largest absolute Gasteiger partial charge is 0.394 e. The van der Waals surface area contributed by atoms with E-state index in [0.717, 1.165) is 77.0 Å². The molecule has 0 aromatic carbocycles. The Morgan fingerprint density at radius 1 is 0.595 bits per heavy atom. The highest BCUT2D eigenvalue weighted by Crippen LogP contribution is 2.08. The monoisotopic (exact) mass is 581 g/mol. The molecule has 42 heavy (non-hydrogen) atoms. The van der Waals surface area contributed by atoms with Crippen LogP contribution < -0.4 is 5.32 Å². The zero-order chi connectivity index (χ0) is 30.8. The third-order valence-electron chi connectivity index (χ3n) is 6.86. The van der Waals surface area contributed by atoms with Crippen LogP contribution in [0.2, 0.25) is 0 Å². The number of hydrogen-bond donors (Lipinski definition) is 3. The molecule has 1 amide bonds. The van der Waals surface area contributed by atoms with E-state index in [1.54, 1.807) is 6.08 Å². The molecule has 0 aliphatic carbocycles. The molecule has 0 saturated heterocycles. The molecule has 0 aliphatic heterocycles. The van der Waals surface area contributed by atoms with Crippen molar-refractivity contribution in [3.63, 3.8) is 0 Å². The fraction of sp³-hybridized carbons (Fsp3) is 0.605. The molecule has 0 aromatic heterocycles. The lowest BCUT2D eigenvalue weighted by atomic mass is 10.1. The minimum Gasteiger partial charge on any atom is -0.394 e. The van der Waals surface area contributed by atoms with E-state index in [4.69, 9.17) is 0 Å². The second-order valence-corrected chi connectivity index (χ2v) is 10.8. The quantitative estimate of drug-likeness (QED) is 0.0636. The van der Waals surface area contributed by atoms with E-state index in [9.17, 15) is 15.0 Å². The van der Waals surface area contributed by atoms with Crippen LogP contribution in [0.1, 0.15) is 129 Å². The standard InChI is InChI=1S/C38H63NO3/c1-3-5-7-9-11-13-15-16-17-18-19-20-21-22-24-26-28-30-32-34-38(42)39-36(35-40)37(41)33-31-29-27-25-23-14-12-10-8-6-4-2/h5,7,11,13,16-17,19-20,22-25,31,33,36-37,40-41H,3-4,6,8-10,12,14-15,18,21,26-30,32,34-35H2,1-2H3,(H,39,42)/b7-5-,13-11-,17-16-,20-19-,24-22-,25-23+,33-31+. The molecular weight excluding hydrogens is 518 g/mol. The van der Waals surface area contributed by atoms with Gasteiger partial charge in [0.1, 0.15) is 0 Å². The Morgan fingerprint density at radius 3 is 1.64 bits per heavy atom. The van der Waals surface area contributed by atoms with Gasteiger partial charge in [0.05, 0.1) is 18.8 Å². The Hall–Kier alpha value is -2.43. The Labute approximate surface area is 259 Å². The molecule has 4 nitrogen and oxygen atoms in total. The molecule has 4 heteroatoms. The van der Waals surface area contributed by atoms with Crippen molar-refractivity contribution in [2.75, 3.05) is 6.61 Å². The van der Waals surface area contributed by atoms with Gasteiger partial charge >= 0.3 is 0 Å². The lowest BCUT2D eigenvalue weighted by molar-refractivity contribution is -0.123. The van der Waals surface area contributed by atoms with E-state index in [1.165, 1.54) is 32.1 Å². The third-order valence-corrected chi connectivity index (χ3v) is 6.86. The molecule has 0 fully saturated rings. The van der Waals surface area contributed by atoms with Gasteiger partial charge in [-0.15, -0.1) is 0 Å². The molecule has 0 aliphatic rings. The van der Waals surface area contributed by atoms with Crippen molar-refractivity contribution in [3.05, 3.63) is 85.1 Å². The van der Waals surface area contributed by atoms with Gasteiger partial charge in [-0.05, 0) is 77.0 Å². The minimum absolute atomic E-state index is 0.113. The number of carbonyl (C=O) groups is 1. The normalized spacial score (nSPS) is 14.3. The van der Waals surface area contributed by atoms with E-state index in [-0.39, 0.29) is 12.5 Å². The van der Waals surface area contributed by atoms with Crippen molar-refractivity contribution >= 4 is 5.91 Å². The number of nitrogens with one attached hydrogen (secondary N) is 1. The van der Waals surface area contributed by atoms with E-state index in [2.05, 4.69) is 92.1 Å². The van der Waals surface area contributed by atoms with Crippen molar-refractivity contribution in [2.24, 2.45) is 0 Å². The van der Waals surface area contributed by atoms with Crippen LogP contribution >= 0.6 is 0 Å². The summed E-state index contributed by atoms with van der Waals surface area (Å²) >= 11 is 0. The topological polar surface area (TPSA) is 69.6 Å². The zero-order valence-electron chi connectivity index (χ0n) is 27.0. The van der Waals surface area contributed by atoms with Crippen LogP contribution in [0.25, 0.3) is 0 Å². The van der Waals surface area contributed by atoms with Crippen LogP contribution in [-0.2, 0) is 4.79 Å². The molecule has 0 radical (unpaired) electrons. The average Bonchev–Trinajstić information content (AvgIpc) is 2.99. The van der Waals surface area contributed by atoms with Gasteiger partial charge in [-0.25, -0.2) is 0 Å². The van der Waals surface area contributed by atoms with Gasteiger partial charge in [0, 0.05) is 6.42 Å². The van der Waals surface area contributed by atoms with Crippen molar-refractivity contribution in [2.45, 2.75) is 142 Å². The summed E-state index contributed by atoms with van der Waals surface area (Å²) in [6.45, 7) is 4.11. The maximum Gasteiger partial charge on any atom is 0.220 e. The number of aliphatic hydroxyl groups excluding tert-OH is 2. The van der Waals surface area contributed by atoms with E-state index in [0.29, 0.717) is 6.42 Å². The minimum atomic E-state index is -0.878. The molecule has 2 unspecified atom stereocenters. The first-order valence-corrected chi connectivity index (χ1v) is 16.8. The smallest absolute Gasteiger partial charge is 0.220 e. The average molecular weight is 582 g/mol. The summed E-state index contributed by atoms with van der Waals surface area (Å²) in [6.07, 6.45) is 48.0. The molecule has 0 heterocycles. The Morgan fingerprint density at radius 2 is 1.07 bits per heavy atom. The summed E-state index contributed by atoms with van der Waals surface area (Å²) in [5.41, 5.74) is 0. The summed E-state index contributed by atoms with van der Waals surface area (Å²) in [4.78, 5) is 12.3. The van der Waals surface area contributed by atoms with Crippen LogP contribution in [-0.4, -0.2) is 34.9 Å². The lowest BCUT2D eigenvalue weighted by Gasteiger charge is -2.19. The maximum absolute atomic E-state index is 12.3. The Kier molecular flexibility index (Phi) is 31.2. The number of rotatable bonds is 28. The van der Waals surface area contributed by atoms with Gasteiger partial charge in [0.15, 0.2) is 0 Å². The van der Waals surface area contributed by atoms with Crippen LogP contribution in [0.5, 0.6) is 0 Å². The van der Waals surface area contributed by atoms with Crippen LogP contribution in [0.3, 0.4) is 0 Å². The second kappa shape index (κ2) is 33.1. The van der Waals surface area contributed by atoms with Gasteiger partial charge in [0.2, 0.25) is 5.91 Å². The molecule has 0 spiro atoms. The van der Waals surface area contributed by atoms with E-state index < -0.39 is 12.1 Å². The molecule has 2 atom stereocenters. The van der Waals surface area contributed by atoms with Gasteiger partial charge in [0.25, 0.3) is 0 Å². The van der Waals surface area contributed by atoms with Crippen molar-refractivity contribution in [1.29, 1.82) is 0 Å². The van der Waals surface area contributed by atoms with E-state index in [1.807, 2.05) is 6.08 Å². The zero-order valence-corrected chi connectivity index (χ0v) is 27.0. The Balaban J connectivity index is 3.82. The molecule has 0 bridgehead atoms. The van der Waals surface area contributed by atoms with Crippen LogP contribution in [0, 0.1) is 0 Å². The highest BCUT2D eigenvalue weighted by Gasteiger charge is 2.17. The van der Waals surface area contributed by atoms with Gasteiger partial charge in [-0.1, -0.05) is 131 Å². The molecule has 0 aromatic rings. The Bertz CT molecular complexity index is 803. The fourth-order valence-corrected chi connectivity index (χ4v) is 4.27. The molecule has 0 rings (SSSR count). The summed E-state index contributed by atoms with van der Waals surface area (Å²) in [5, 5.41) is 22.7. The number of hydrogen-bond acceptors (Lipinski definition) is 3. The van der Waals surface area contributed by atoms with Crippen molar-refractivity contribution < 1.29 is 15.0 Å². The van der Waals surface area contributed by atoms with E-state index >= 15 is 0 Å². The number of allylic oxidation sites excluding steroid dienone is 13. The second-order valence-electron chi connectivity index (χ2n) is 10.8. The summed E-state index contributed by atoms with van der Waals surface area (Å²) in [5.74, 6) is -0.113. The number of carbonyl (C=O) groups excluding carboxylic acids is 1. The SMILES string of the molecule is CC/C=C\C/C=C\C/C=C\C/C=C\C/C=C\CCCCCC(=O)NC(CO)C(O)/C=C/CC/C=C/CCCCCCC. The predicted molar refractivity (Wildman–Crippen MR) is 183 cm³/mol. The summed E-state index contributed by atoms with van der Waals surface area (Å²) in [7, 11) is 0. The highest BCUT2D eigenvalue weighted by molar-refractivity contribution is 5.76. The number of aliphatic hydroxyl groups is 2. The predicted octanol–water partition coefficient (Wildman–Crippen LogP) is 9.78.